The fourth-order valence-corrected chi connectivity index (χ4v) is 3.03. The number of carbonyl (C=O) groups excluding carboxylic acids is 1. The molecule has 0 radical (unpaired) electrons. The molecule has 0 atom stereocenters. The van der Waals surface area contributed by atoms with E-state index in [2.05, 4.69) is 32.2 Å². The summed E-state index contributed by atoms with van der Waals surface area (Å²) in [5, 5.41) is 2.92. The van der Waals surface area contributed by atoms with Crippen molar-refractivity contribution in [2.24, 2.45) is 0 Å². The number of ether oxygens (including phenoxy) is 2. The third kappa shape index (κ3) is 5.73. The first-order chi connectivity index (χ1) is 11.5. The van der Waals surface area contributed by atoms with E-state index in [0.29, 0.717) is 5.75 Å². The molecule has 0 aromatic heterocycles. The second-order valence-corrected chi connectivity index (χ2v) is 7.19. The van der Waals surface area contributed by atoms with E-state index < -0.39 is 0 Å². The van der Waals surface area contributed by atoms with Crippen molar-refractivity contribution in [3.8, 4) is 11.5 Å². The van der Waals surface area contributed by atoms with Crippen LogP contribution in [0, 0.1) is 0 Å². The Balaban J connectivity index is 1.67. The lowest BCUT2D eigenvalue weighted by molar-refractivity contribution is -0.123. The number of rotatable bonds is 10. The number of hydrogen-bond donors (Lipinski definition) is 1. The van der Waals surface area contributed by atoms with E-state index >= 15 is 0 Å². The molecule has 1 aliphatic heterocycles. The Morgan fingerprint density at radius 2 is 1.96 bits per heavy atom. The number of nitrogens with one attached hydrogen (secondary N) is 1. The second kappa shape index (κ2) is 8.95. The van der Waals surface area contributed by atoms with Gasteiger partial charge in [-0.2, -0.15) is 0 Å². The summed E-state index contributed by atoms with van der Waals surface area (Å²) in [5.74, 6) is 1.37. The van der Waals surface area contributed by atoms with Gasteiger partial charge in [0.15, 0.2) is 18.1 Å². The lowest BCUT2D eigenvalue weighted by atomic mass is 10.0. The molecule has 0 fully saturated rings. The molecule has 1 amide bonds. The molecule has 0 saturated carbocycles. The van der Waals surface area contributed by atoms with Gasteiger partial charge >= 0.3 is 0 Å². The van der Waals surface area contributed by atoms with Crippen molar-refractivity contribution in [3.05, 3.63) is 23.8 Å². The minimum absolute atomic E-state index is 0.0378. The van der Waals surface area contributed by atoms with Crippen LogP contribution in [0.2, 0.25) is 0 Å². The lowest BCUT2D eigenvalue weighted by Crippen LogP contribution is -2.29. The standard InChI is InChI=1S/C20H31NO3/c1-4-5-6-7-8-9-13-21-18(22)15-23-17-12-10-11-16-14-20(2,3)24-19(16)17/h10-12H,4-9,13-15H2,1-3H3,(H,21,22). The zero-order chi connectivity index (χ0) is 17.4. The van der Waals surface area contributed by atoms with Crippen molar-refractivity contribution in [1.82, 2.24) is 5.32 Å². The maximum Gasteiger partial charge on any atom is 0.257 e. The Bertz CT molecular complexity index is 540. The highest BCUT2D eigenvalue weighted by Crippen LogP contribution is 2.41. The number of hydrogen-bond acceptors (Lipinski definition) is 3. The summed E-state index contributed by atoms with van der Waals surface area (Å²) in [6.45, 7) is 7.10. The van der Waals surface area contributed by atoms with Gasteiger partial charge in [-0.05, 0) is 26.3 Å². The largest absolute Gasteiger partial charge is 0.483 e. The predicted molar refractivity (Wildman–Crippen MR) is 96.7 cm³/mol. The zero-order valence-corrected chi connectivity index (χ0v) is 15.3. The van der Waals surface area contributed by atoms with Crippen LogP contribution in [0.4, 0.5) is 0 Å². The van der Waals surface area contributed by atoms with E-state index in [1.165, 1.54) is 32.1 Å². The van der Waals surface area contributed by atoms with Gasteiger partial charge in [0.1, 0.15) is 5.60 Å². The third-order valence-corrected chi connectivity index (χ3v) is 4.27. The van der Waals surface area contributed by atoms with Gasteiger partial charge in [-0.3, -0.25) is 4.79 Å². The molecule has 4 nitrogen and oxygen atoms in total. The van der Waals surface area contributed by atoms with Gasteiger partial charge in [-0.15, -0.1) is 0 Å². The molecular formula is C20H31NO3. The van der Waals surface area contributed by atoms with Crippen LogP contribution in [-0.4, -0.2) is 24.7 Å². The maximum atomic E-state index is 11.9. The third-order valence-electron chi connectivity index (χ3n) is 4.27. The SMILES string of the molecule is CCCCCCCCNC(=O)COc1cccc2c1OC(C)(C)C2. The van der Waals surface area contributed by atoms with E-state index in [0.717, 1.165) is 30.7 Å². The van der Waals surface area contributed by atoms with Gasteiger partial charge in [0.25, 0.3) is 5.91 Å². The molecule has 0 spiro atoms. The number of unbranched alkanes of at least 4 members (excludes halogenated alkanes) is 5. The molecule has 0 saturated heterocycles. The van der Waals surface area contributed by atoms with Gasteiger partial charge in [-0.1, -0.05) is 51.2 Å². The minimum Gasteiger partial charge on any atom is -0.483 e. The normalized spacial score (nSPS) is 14.8. The topological polar surface area (TPSA) is 47.6 Å². The number of para-hydroxylation sites is 1. The minimum atomic E-state index is -0.207. The van der Waals surface area contributed by atoms with Crippen molar-refractivity contribution >= 4 is 5.91 Å². The van der Waals surface area contributed by atoms with Crippen molar-refractivity contribution in [2.45, 2.75) is 71.3 Å². The van der Waals surface area contributed by atoms with Gasteiger partial charge in [-0.25, -0.2) is 0 Å². The van der Waals surface area contributed by atoms with Crippen molar-refractivity contribution in [2.75, 3.05) is 13.2 Å². The number of carbonyl (C=O) groups is 1. The first kappa shape index (κ1) is 18.6. The fourth-order valence-electron chi connectivity index (χ4n) is 3.03. The fraction of sp³-hybridized carbons (Fsp3) is 0.650. The average molecular weight is 333 g/mol. The molecule has 2 rings (SSSR count). The summed E-state index contributed by atoms with van der Waals surface area (Å²) in [4.78, 5) is 11.9. The Morgan fingerprint density at radius 1 is 1.21 bits per heavy atom. The van der Waals surface area contributed by atoms with Crippen LogP contribution in [0.3, 0.4) is 0 Å². The molecule has 1 aromatic carbocycles. The molecule has 0 unspecified atom stereocenters. The van der Waals surface area contributed by atoms with Crippen molar-refractivity contribution in [3.63, 3.8) is 0 Å². The Morgan fingerprint density at radius 3 is 2.75 bits per heavy atom. The number of amides is 1. The highest BCUT2D eigenvalue weighted by molar-refractivity contribution is 5.77. The summed E-state index contributed by atoms with van der Waals surface area (Å²) in [6.07, 6.45) is 8.19. The van der Waals surface area contributed by atoms with Crippen LogP contribution in [0.5, 0.6) is 11.5 Å². The zero-order valence-electron chi connectivity index (χ0n) is 15.3. The predicted octanol–water partition coefficient (Wildman–Crippen LogP) is 4.26. The Labute approximate surface area is 145 Å². The van der Waals surface area contributed by atoms with Gasteiger partial charge < -0.3 is 14.8 Å². The molecule has 1 heterocycles. The first-order valence-corrected chi connectivity index (χ1v) is 9.22. The molecule has 0 bridgehead atoms. The van der Waals surface area contributed by atoms with Gasteiger partial charge in [0.2, 0.25) is 0 Å². The van der Waals surface area contributed by atoms with E-state index in [4.69, 9.17) is 9.47 Å². The maximum absolute atomic E-state index is 11.9. The lowest BCUT2D eigenvalue weighted by Gasteiger charge is -2.18. The van der Waals surface area contributed by atoms with E-state index in [-0.39, 0.29) is 18.1 Å². The molecule has 1 aromatic rings. The Hall–Kier alpha value is -1.71. The highest BCUT2D eigenvalue weighted by atomic mass is 16.5. The summed E-state index contributed by atoms with van der Waals surface area (Å²) >= 11 is 0. The van der Waals surface area contributed by atoms with Crippen LogP contribution >= 0.6 is 0 Å². The van der Waals surface area contributed by atoms with Crippen LogP contribution < -0.4 is 14.8 Å². The Kier molecular flexibility index (Phi) is 6.95. The molecule has 0 aliphatic carbocycles. The molecule has 1 N–H and O–H groups in total. The van der Waals surface area contributed by atoms with Gasteiger partial charge in [0, 0.05) is 18.5 Å². The number of benzene rings is 1. The van der Waals surface area contributed by atoms with Crippen LogP contribution in [0.15, 0.2) is 18.2 Å². The summed E-state index contributed by atoms with van der Waals surface area (Å²) in [5.41, 5.74) is 0.937. The van der Waals surface area contributed by atoms with Gasteiger partial charge in [0.05, 0.1) is 0 Å². The average Bonchev–Trinajstić information content (AvgIpc) is 2.86. The van der Waals surface area contributed by atoms with Crippen molar-refractivity contribution < 1.29 is 14.3 Å². The second-order valence-electron chi connectivity index (χ2n) is 7.19. The summed E-state index contributed by atoms with van der Waals surface area (Å²) in [7, 11) is 0. The molecule has 134 valence electrons. The van der Waals surface area contributed by atoms with Crippen LogP contribution in [0.1, 0.15) is 64.9 Å². The summed E-state index contributed by atoms with van der Waals surface area (Å²) < 4.78 is 11.6. The molecule has 4 heteroatoms. The highest BCUT2D eigenvalue weighted by Gasteiger charge is 2.32. The van der Waals surface area contributed by atoms with Crippen LogP contribution in [0.25, 0.3) is 0 Å². The van der Waals surface area contributed by atoms with E-state index in [1.54, 1.807) is 0 Å². The monoisotopic (exact) mass is 333 g/mol. The van der Waals surface area contributed by atoms with Crippen LogP contribution in [-0.2, 0) is 11.2 Å². The molecule has 24 heavy (non-hydrogen) atoms. The quantitative estimate of drug-likeness (QED) is 0.651. The smallest absolute Gasteiger partial charge is 0.257 e. The summed E-state index contributed by atoms with van der Waals surface area (Å²) in [6, 6.07) is 5.87. The molecular weight excluding hydrogens is 302 g/mol. The van der Waals surface area contributed by atoms with E-state index in [9.17, 15) is 4.79 Å². The van der Waals surface area contributed by atoms with Crippen molar-refractivity contribution in [1.29, 1.82) is 0 Å². The van der Waals surface area contributed by atoms with E-state index in [1.807, 2.05) is 12.1 Å². The number of fused-ring (bicyclic) bond motifs is 1. The first-order valence-electron chi connectivity index (χ1n) is 9.22. The molecule has 1 aliphatic rings.